The maximum absolute atomic E-state index is 13.7. The molecule has 31 heavy (non-hydrogen) atoms. The third-order valence-corrected chi connectivity index (χ3v) is 5.68. The molecule has 1 fully saturated rings. The van der Waals surface area contributed by atoms with E-state index in [0.29, 0.717) is 11.1 Å². The molecule has 1 saturated heterocycles. The number of likely N-dealkylation sites (N-methyl/N-ethyl adjacent to an activating group) is 1. The zero-order chi connectivity index (χ0) is 22.4. The average Bonchev–Trinajstić information content (AvgIpc) is 2.74. The van der Waals surface area contributed by atoms with E-state index in [1.54, 1.807) is 30.3 Å². The van der Waals surface area contributed by atoms with Crippen molar-refractivity contribution in [3.63, 3.8) is 0 Å². The van der Waals surface area contributed by atoms with Gasteiger partial charge in [-0.15, -0.1) is 6.42 Å². The summed E-state index contributed by atoms with van der Waals surface area (Å²) >= 11 is 0. The van der Waals surface area contributed by atoms with Gasteiger partial charge in [0.15, 0.2) is 0 Å². The monoisotopic (exact) mass is 428 g/mol. The van der Waals surface area contributed by atoms with Crippen molar-refractivity contribution in [3.8, 4) is 12.3 Å². The third kappa shape index (κ3) is 6.43. The molecule has 0 aromatic heterocycles. The van der Waals surface area contributed by atoms with Crippen molar-refractivity contribution < 1.29 is 18.0 Å². The number of Topliss-reactive ketones (excluding diaryl/α,β-unsaturated/α-hetero) is 1. The molecule has 0 atom stereocenters. The Kier molecular flexibility index (Phi) is 7.53. The Morgan fingerprint density at radius 1 is 1.00 bits per heavy atom. The highest BCUT2D eigenvalue weighted by molar-refractivity contribution is 5.83. The van der Waals surface area contributed by atoms with E-state index >= 15 is 0 Å². The molecule has 3 rings (SSSR count). The van der Waals surface area contributed by atoms with Gasteiger partial charge in [0.25, 0.3) is 0 Å². The highest BCUT2D eigenvalue weighted by Crippen LogP contribution is 2.33. The molecule has 1 aliphatic rings. The van der Waals surface area contributed by atoms with Gasteiger partial charge in [0, 0.05) is 51.1 Å². The fourth-order valence-electron chi connectivity index (χ4n) is 3.93. The summed E-state index contributed by atoms with van der Waals surface area (Å²) in [5.41, 5.74) is 1.43. The van der Waals surface area contributed by atoms with Gasteiger partial charge in [0.1, 0.15) is 5.78 Å². The second kappa shape index (κ2) is 10.1. The first-order chi connectivity index (χ1) is 14.8. The standard InChI is InChI=1S/C25H27F3N2O/c1-3-19-6-5-7-20(14-19)15-23(31)16-21-8-9-22(24(17-21)25(26,27)28)18-30-12-10-29(4-2)11-13-30/h1,5-9,14,17H,4,10-13,15-16,18H2,2H3. The van der Waals surface area contributed by atoms with E-state index in [0.717, 1.165) is 44.4 Å². The Balaban J connectivity index is 1.70. The second-order valence-electron chi connectivity index (χ2n) is 7.94. The summed E-state index contributed by atoms with van der Waals surface area (Å²) in [7, 11) is 0. The summed E-state index contributed by atoms with van der Waals surface area (Å²) in [4.78, 5) is 16.8. The van der Waals surface area contributed by atoms with E-state index in [1.165, 1.54) is 6.07 Å². The largest absolute Gasteiger partial charge is 0.416 e. The van der Waals surface area contributed by atoms with Crippen LogP contribution in [0.15, 0.2) is 42.5 Å². The summed E-state index contributed by atoms with van der Waals surface area (Å²) in [5.74, 6) is 2.37. The Morgan fingerprint density at radius 2 is 1.65 bits per heavy atom. The molecule has 3 nitrogen and oxygen atoms in total. The summed E-state index contributed by atoms with van der Waals surface area (Å²) < 4.78 is 41.2. The Bertz CT molecular complexity index is 954. The van der Waals surface area contributed by atoms with Crippen LogP contribution >= 0.6 is 0 Å². The fraction of sp³-hybridized carbons (Fsp3) is 0.400. The first-order valence-electron chi connectivity index (χ1n) is 10.5. The van der Waals surface area contributed by atoms with Crippen molar-refractivity contribution in [1.82, 2.24) is 9.80 Å². The molecule has 0 N–H and O–H groups in total. The molecule has 0 aliphatic carbocycles. The highest BCUT2D eigenvalue weighted by atomic mass is 19.4. The van der Waals surface area contributed by atoms with Gasteiger partial charge in [-0.25, -0.2) is 0 Å². The molecule has 0 unspecified atom stereocenters. The Hall–Kier alpha value is -2.62. The van der Waals surface area contributed by atoms with Crippen molar-refractivity contribution in [3.05, 3.63) is 70.3 Å². The third-order valence-electron chi connectivity index (χ3n) is 5.68. The van der Waals surface area contributed by atoms with Gasteiger partial charge in [0.2, 0.25) is 0 Å². The van der Waals surface area contributed by atoms with Gasteiger partial charge in [0.05, 0.1) is 5.56 Å². The van der Waals surface area contributed by atoms with Gasteiger partial charge >= 0.3 is 6.18 Å². The molecular formula is C25H27F3N2O. The number of ketones is 1. The normalized spacial score (nSPS) is 15.6. The number of terminal acetylenes is 1. The average molecular weight is 428 g/mol. The Labute approximate surface area is 181 Å². The van der Waals surface area contributed by atoms with Crippen LogP contribution in [0, 0.1) is 12.3 Å². The van der Waals surface area contributed by atoms with Crippen molar-refractivity contribution in [2.45, 2.75) is 32.5 Å². The molecule has 164 valence electrons. The van der Waals surface area contributed by atoms with E-state index in [-0.39, 0.29) is 30.7 Å². The number of hydrogen-bond acceptors (Lipinski definition) is 3. The predicted molar refractivity (Wildman–Crippen MR) is 116 cm³/mol. The van der Waals surface area contributed by atoms with E-state index in [9.17, 15) is 18.0 Å². The highest BCUT2D eigenvalue weighted by Gasteiger charge is 2.34. The van der Waals surface area contributed by atoms with Crippen molar-refractivity contribution in [2.75, 3.05) is 32.7 Å². The van der Waals surface area contributed by atoms with Crippen LogP contribution < -0.4 is 0 Å². The molecule has 2 aromatic rings. The molecule has 0 radical (unpaired) electrons. The molecular weight excluding hydrogens is 401 g/mol. The minimum Gasteiger partial charge on any atom is -0.301 e. The van der Waals surface area contributed by atoms with E-state index < -0.39 is 11.7 Å². The van der Waals surface area contributed by atoms with Crippen LogP contribution in [0.25, 0.3) is 0 Å². The SMILES string of the molecule is C#Cc1cccc(CC(=O)Cc2ccc(CN3CCN(CC)CC3)c(C(F)(F)F)c2)c1. The van der Waals surface area contributed by atoms with Gasteiger partial charge in [-0.2, -0.15) is 13.2 Å². The van der Waals surface area contributed by atoms with Gasteiger partial charge in [-0.3, -0.25) is 9.69 Å². The second-order valence-corrected chi connectivity index (χ2v) is 7.94. The molecule has 0 amide bonds. The number of carbonyl (C=O) groups is 1. The lowest BCUT2D eigenvalue weighted by Crippen LogP contribution is -2.45. The quantitative estimate of drug-likeness (QED) is 0.619. The molecule has 0 bridgehead atoms. The van der Waals surface area contributed by atoms with Crippen LogP contribution in [-0.2, 0) is 30.4 Å². The number of piperazine rings is 1. The van der Waals surface area contributed by atoms with E-state index in [4.69, 9.17) is 6.42 Å². The molecule has 0 spiro atoms. The molecule has 6 heteroatoms. The van der Waals surface area contributed by atoms with Gasteiger partial charge < -0.3 is 4.90 Å². The molecule has 0 saturated carbocycles. The van der Waals surface area contributed by atoms with E-state index in [2.05, 4.69) is 22.6 Å². The lowest BCUT2D eigenvalue weighted by molar-refractivity contribution is -0.138. The first kappa shape index (κ1) is 23.1. The van der Waals surface area contributed by atoms with Gasteiger partial charge in [-0.1, -0.05) is 37.1 Å². The minimum absolute atomic E-state index is 0.0428. The van der Waals surface area contributed by atoms with Crippen molar-refractivity contribution in [1.29, 1.82) is 0 Å². The van der Waals surface area contributed by atoms with Crippen LogP contribution in [0.5, 0.6) is 0 Å². The van der Waals surface area contributed by atoms with E-state index in [1.807, 2.05) is 0 Å². The summed E-state index contributed by atoms with van der Waals surface area (Å²) in [6.45, 7) is 6.54. The molecule has 2 aromatic carbocycles. The maximum Gasteiger partial charge on any atom is 0.416 e. The number of hydrogen-bond donors (Lipinski definition) is 0. The zero-order valence-electron chi connectivity index (χ0n) is 17.7. The van der Waals surface area contributed by atoms with Crippen LogP contribution in [0.2, 0.25) is 0 Å². The molecule has 1 heterocycles. The van der Waals surface area contributed by atoms with Crippen molar-refractivity contribution >= 4 is 5.78 Å². The minimum atomic E-state index is -4.46. The van der Waals surface area contributed by atoms with Crippen LogP contribution in [0.1, 0.15) is 34.7 Å². The van der Waals surface area contributed by atoms with Gasteiger partial charge in [-0.05, 0) is 41.4 Å². The number of nitrogens with zero attached hydrogens (tertiary/aromatic N) is 2. The first-order valence-corrected chi connectivity index (χ1v) is 10.5. The van der Waals surface area contributed by atoms with Crippen LogP contribution in [0.4, 0.5) is 13.2 Å². The number of benzene rings is 2. The number of carbonyl (C=O) groups excluding carboxylic acids is 1. The van der Waals surface area contributed by atoms with Crippen molar-refractivity contribution in [2.24, 2.45) is 0 Å². The summed E-state index contributed by atoms with van der Waals surface area (Å²) in [5, 5.41) is 0. The summed E-state index contributed by atoms with van der Waals surface area (Å²) in [6.07, 6.45) is 1.02. The fourth-order valence-corrected chi connectivity index (χ4v) is 3.93. The lowest BCUT2D eigenvalue weighted by Gasteiger charge is -2.34. The maximum atomic E-state index is 13.7. The zero-order valence-corrected chi connectivity index (χ0v) is 17.7. The number of rotatable bonds is 7. The molecule has 1 aliphatic heterocycles. The number of halogens is 3. The lowest BCUT2D eigenvalue weighted by atomic mass is 9.97. The Morgan fingerprint density at radius 3 is 2.26 bits per heavy atom. The van der Waals surface area contributed by atoms with Crippen LogP contribution in [0.3, 0.4) is 0 Å². The topological polar surface area (TPSA) is 23.6 Å². The number of alkyl halides is 3. The smallest absolute Gasteiger partial charge is 0.301 e. The summed E-state index contributed by atoms with van der Waals surface area (Å²) in [6, 6.07) is 11.4. The predicted octanol–water partition coefficient (Wildman–Crippen LogP) is 4.18. The van der Waals surface area contributed by atoms with Crippen LogP contribution in [-0.4, -0.2) is 48.3 Å².